The maximum absolute atomic E-state index is 13.1. The Labute approximate surface area is 156 Å². The maximum Gasteiger partial charge on any atom is 0.242 e. The van der Waals surface area contributed by atoms with Crippen LogP contribution in [0.25, 0.3) is 0 Å². The number of rotatable bonds is 8. The minimum atomic E-state index is -0.466. The van der Waals surface area contributed by atoms with Crippen LogP contribution in [0.2, 0.25) is 0 Å². The molecule has 0 aliphatic carbocycles. The zero-order chi connectivity index (χ0) is 18.9. The van der Waals surface area contributed by atoms with Crippen molar-refractivity contribution in [2.75, 3.05) is 6.54 Å². The standard InChI is InChI=1S/C22H28N2O2/c1-4-20(22(26)23-5-2)24(16-19-13-9-10-17(3)14-19)21(25)15-18-11-7-6-8-12-18/h6-14,20H,4-5,15-16H2,1-3H3,(H,23,26). The number of benzene rings is 2. The monoisotopic (exact) mass is 352 g/mol. The van der Waals surface area contributed by atoms with Gasteiger partial charge in [0.05, 0.1) is 6.42 Å². The molecule has 0 bridgehead atoms. The summed E-state index contributed by atoms with van der Waals surface area (Å²) in [5, 5.41) is 2.86. The van der Waals surface area contributed by atoms with Crippen molar-refractivity contribution in [1.82, 2.24) is 10.2 Å². The molecule has 0 aliphatic heterocycles. The lowest BCUT2D eigenvalue weighted by molar-refractivity contribution is -0.140. The van der Waals surface area contributed by atoms with Gasteiger partial charge >= 0.3 is 0 Å². The smallest absolute Gasteiger partial charge is 0.242 e. The first-order chi connectivity index (χ1) is 12.5. The van der Waals surface area contributed by atoms with Crippen molar-refractivity contribution < 1.29 is 9.59 Å². The average Bonchev–Trinajstić information content (AvgIpc) is 2.62. The van der Waals surface area contributed by atoms with Crippen LogP contribution in [-0.2, 0) is 22.6 Å². The molecular weight excluding hydrogens is 324 g/mol. The van der Waals surface area contributed by atoms with Gasteiger partial charge in [0.25, 0.3) is 0 Å². The fraction of sp³-hybridized carbons (Fsp3) is 0.364. The topological polar surface area (TPSA) is 49.4 Å². The van der Waals surface area contributed by atoms with Crippen LogP contribution in [-0.4, -0.2) is 29.3 Å². The molecule has 4 nitrogen and oxygen atoms in total. The van der Waals surface area contributed by atoms with E-state index in [4.69, 9.17) is 0 Å². The van der Waals surface area contributed by atoms with Gasteiger partial charge in [0.2, 0.25) is 11.8 Å². The summed E-state index contributed by atoms with van der Waals surface area (Å²) in [6.07, 6.45) is 0.876. The largest absolute Gasteiger partial charge is 0.355 e. The van der Waals surface area contributed by atoms with Crippen molar-refractivity contribution in [3.05, 3.63) is 71.3 Å². The first-order valence-corrected chi connectivity index (χ1v) is 9.21. The van der Waals surface area contributed by atoms with Gasteiger partial charge in [0.1, 0.15) is 6.04 Å². The zero-order valence-electron chi connectivity index (χ0n) is 15.9. The number of hydrogen-bond donors (Lipinski definition) is 1. The molecule has 1 atom stereocenters. The van der Waals surface area contributed by atoms with E-state index in [0.717, 1.165) is 16.7 Å². The average molecular weight is 352 g/mol. The first-order valence-electron chi connectivity index (χ1n) is 9.21. The summed E-state index contributed by atoms with van der Waals surface area (Å²) in [5.74, 6) is -0.125. The summed E-state index contributed by atoms with van der Waals surface area (Å²) in [4.78, 5) is 27.3. The highest BCUT2D eigenvalue weighted by molar-refractivity contribution is 5.88. The lowest BCUT2D eigenvalue weighted by Gasteiger charge is -2.30. The molecule has 0 aromatic heterocycles. The summed E-state index contributed by atoms with van der Waals surface area (Å²) in [5.41, 5.74) is 3.13. The van der Waals surface area contributed by atoms with Gasteiger partial charge in [0.15, 0.2) is 0 Å². The van der Waals surface area contributed by atoms with Crippen LogP contribution in [0.1, 0.15) is 37.0 Å². The van der Waals surface area contributed by atoms with Gasteiger partial charge in [-0.25, -0.2) is 0 Å². The van der Waals surface area contributed by atoms with E-state index in [1.165, 1.54) is 0 Å². The van der Waals surface area contributed by atoms with Gasteiger partial charge in [-0.2, -0.15) is 0 Å². The molecule has 4 heteroatoms. The van der Waals surface area contributed by atoms with Crippen LogP contribution in [0.4, 0.5) is 0 Å². The summed E-state index contributed by atoms with van der Waals surface area (Å²) >= 11 is 0. The van der Waals surface area contributed by atoms with E-state index in [1.807, 2.05) is 69.3 Å². The van der Waals surface area contributed by atoms with Gasteiger partial charge < -0.3 is 10.2 Å². The Bertz CT molecular complexity index is 728. The molecule has 1 N–H and O–H groups in total. The van der Waals surface area contributed by atoms with Crippen LogP contribution in [0, 0.1) is 6.92 Å². The predicted molar refractivity (Wildman–Crippen MR) is 105 cm³/mol. The van der Waals surface area contributed by atoms with Crippen molar-refractivity contribution in [3.8, 4) is 0 Å². The molecule has 0 heterocycles. The Morgan fingerprint density at radius 2 is 1.69 bits per heavy atom. The number of nitrogens with zero attached hydrogens (tertiary/aromatic N) is 1. The highest BCUT2D eigenvalue weighted by Gasteiger charge is 2.28. The van der Waals surface area contributed by atoms with Crippen molar-refractivity contribution in [1.29, 1.82) is 0 Å². The van der Waals surface area contributed by atoms with E-state index in [-0.39, 0.29) is 11.8 Å². The Balaban J connectivity index is 2.27. The normalized spacial score (nSPS) is 11.7. The number of nitrogens with one attached hydrogen (secondary N) is 1. The molecule has 138 valence electrons. The Morgan fingerprint density at radius 1 is 1.00 bits per heavy atom. The van der Waals surface area contributed by atoms with Crippen LogP contribution in [0.3, 0.4) is 0 Å². The van der Waals surface area contributed by atoms with Crippen LogP contribution < -0.4 is 5.32 Å². The van der Waals surface area contributed by atoms with Crippen LogP contribution in [0.5, 0.6) is 0 Å². The second-order valence-electron chi connectivity index (χ2n) is 6.49. The Kier molecular flexibility index (Phi) is 7.39. The molecule has 0 radical (unpaired) electrons. The molecule has 0 spiro atoms. The fourth-order valence-electron chi connectivity index (χ4n) is 3.09. The van der Waals surface area contributed by atoms with E-state index < -0.39 is 6.04 Å². The first kappa shape index (κ1) is 19.7. The van der Waals surface area contributed by atoms with E-state index in [1.54, 1.807) is 4.90 Å². The van der Waals surface area contributed by atoms with Crippen molar-refractivity contribution in [2.24, 2.45) is 0 Å². The van der Waals surface area contributed by atoms with E-state index in [0.29, 0.717) is 25.9 Å². The molecule has 0 fully saturated rings. The second kappa shape index (κ2) is 9.76. The molecule has 2 aromatic rings. The summed E-state index contributed by atoms with van der Waals surface area (Å²) in [6, 6.07) is 17.3. The second-order valence-corrected chi connectivity index (χ2v) is 6.49. The van der Waals surface area contributed by atoms with Gasteiger partial charge in [-0.3, -0.25) is 9.59 Å². The third kappa shape index (κ3) is 5.45. The van der Waals surface area contributed by atoms with Gasteiger partial charge in [0, 0.05) is 13.1 Å². The SMILES string of the molecule is CCNC(=O)C(CC)N(Cc1cccc(C)c1)C(=O)Cc1ccccc1. The number of likely N-dealkylation sites (N-methyl/N-ethyl adjacent to an activating group) is 1. The quantitative estimate of drug-likeness (QED) is 0.791. The highest BCUT2D eigenvalue weighted by atomic mass is 16.2. The number of hydrogen-bond acceptors (Lipinski definition) is 2. The minimum absolute atomic E-state index is 0.0317. The maximum atomic E-state index is 13.1. The third-order valence-electron chi connectivity index (χ3n) is 4.37. The molecule has 1 unspecified atom stereocenters. The third-order valence-corrected chi connectivity index (χ3v) is 4.37. The van der Waals surface area contributed by atoms with Crippen LogP contribution in [0.15, 0.2) is 54.6 Å². The molecular formula is C22H28N2O2. The molecule has 2 rings (SSSR count). The van der Waals surface area contributed by atoms with E-state index >= 15 is 0 Å². The van der Waals surface area contributed by atoms with Crippen molar-refractivity contribution in [2.45, 2.75) is 46.2 Å². The lowest BCUT2D eigenvalue weighted by Crippen LogP contribution is -2.49. The lowest BCUT2D eigenvalue weighted by atomic mass is 10.1. The molecule has 0 saturated carbocycles. The molecule has 0 aliphatic rings. The Hall–Kier alpha value is -2.62. The van der Waals surface area contributed by atoms with E-state index in [9.17, 15) is 9.59 Å². The van der Waals surface area contributed by atoms with Crippen molar-refractivity contribution >= 4 is 11.8 Å². The molecule has 26 heavy (non-hydrogen) atoms. The van der Waals surface area contributed by atoms with Gasteiger partial charge in [-0.1, -0.05) is 67.1 Å². The number of amides is 2. The minimum Gasteiger partial charge on any atom is -0.355 e. The van der Waals surface area contributed by atoms with E-state index in [2.05, 4.69) is 11.4 Å². The summed E-state index contributed by atoms with van der Waals surface area (Å²) < 4.78 is 0. The van der Waals surface area contributed by atoms with Crippen LogP contribution >= 0.6 is 0 Å². The zero-order valence-corrected chi connectivity index (χ0v) is 15.9. The molecule has 0 saturated heterocycles. The van der Waals surface area contributed by atoms with Gasteiger partial charge in [-0.15, -0.1) is 0 Å². The van der Waals surface area contributed by atoms with Gasteiger partial charge in [-0.05, 0) is 31.4 Å². The van der Waals surface area contributed by atoms with Crippen molar-refractivity contribution in [3.63, 3.8) is 0 Å². The predicted octanol–water partition coefficient (Wildman–Crippen LogP) is 3.48. The number of aryl methyl sites for hydroxylation is 1. The molecule has 2 amide bonds. The Morgan fingerprint density at radius 3 is 2.31 bits per heavy atom. The summed E-state index contributed by atoms with van der Waals surface area (Å²) in [6.45, 7) is 6.85. The molecule has 2 aromatic carbocycles. The fourth-order valence-corrected chi connectivity index (χ4v) is 3.09. The number of carbonyl (C=O) groups excluding carboxylic acids is 2. The number of carbonyl (C=O) groups is 2. The highest BCUT2D eigenvalue weighted by Crippen LogP contribution is 2.15. The summed E-state index contributed by atoms with van der Waals surface area (Å²) in [7, 11) is 0.